The van der Waals surface area contributed by atoms with Crippen molar-refractivity contribution in [3.63, 3.8) is 0 Å². The number of likely N-dealkylation sites (tertiary alicyclic amines) is 1. The highest BCUT2D eigenvalue weighted by Gasteiger charge is 2.15. The highest BCUT2D eigenvalue weighted by molar-refractivity contribution is 5.93. The van der Waals surface area contributed by atoms with E-state index in [0.29, 0.717) is 5.65 Å². The Bertz CT molecular complexity index is 1290. The van der Waals surface area contributed by atoms with Gasteiger partial charge >= 0.3 is 0 Å². The molecular weight excluding hydrogens is 396 g/mol. The van der Waals surface area contributed by atoms with Crippen molar-refractivity contribution in [1.29, 1.82) is 0 Å². The summed E-state index contributed by atoms with van der Waals surface area (Å²) in [7, 11) is 0. The van der Waals surface area contributed by atoms with E-state index in [1.165, 1.54) is 31.5 Å². The molecule has 0 unspecified atom stereocenters. The third-order valence-corrected chi connectivity index (χ3v) is 6.05. The van der Waals surface area contributed by atoms with Crippen LogP contribution < -0.4 is 0 Å². The van der Waals surface area contributed by atoms with Gasteiger partial charge in [-0.1, -0.05) is 24.3 Å². The third-order valence-electron chi connectivity index (χ3n) is 6.05. The summed E-state index contributed by atoms with van der Waals surface area (Å²) in [6.45, 7) is 7.41. The molecular formula is C26H28N6. The predicted octanol–water partition coefficient (Wildman–Crippen LogP) is 5.51. The Morgan fingerprint density at radius 2 is 1.88 bits per heavy atom. The van der Waals surface area contributed by atoms with E-state index >= 15 is 0 Å². The summed E-state index contributed by atoms with van der Waals surface area (Å²) < 4.78 is 0. The summed E-state index contributed by atoms with van der Waals surface area (Å²) in [5, 5.41) is 8.59. The average Bonchev–Trinajstić information content (AvgIpc) is 3.54. The summed E-state index contributed by atoms with van der Waals surface area (Å²) in [6.07, 6.45) is 16.6. The van der Waals surface area contributed by atoms with E-state index in [2.05, 4.69) is 61.2 Å². The molecule has 4 aromatic rings. The zero-order valence-corrected chi connectivity index (χ0v) is 18.6. The number of aromatic amines is 2. The number of hydrogen-bond acceptors (Lipinski definition) is 4. The number of hydrogen-bond donors (Lipinski definition) is 2. The molecule has 162 valence electrons. The number of aryl methyl sites for hydroxylation is 1. The molecule has 0 radical (unpaired) electrons. The minimum atomic E-state index is 0.711. The molecule has 0 saturated carbocycles. The highest BCUT2D eigenvalue weighted by atomic mass is 15.2. The lowest BCUT2D eigenvalue weighted by atomic mass is 10.1. The molecule has 0 bridgehead atoms. The van der Waals surface area contributed by atoms with Crippen molar-refractivity contribution >= 4 is 17.1 Å². The molecule has 1 fully saturated rings. The predicted molar refractivity (Wildman–Crippen MR) is 130 cm³/mol. The van der Waals surface area contributed by atoms with Gasteiger partial charge in [0, 0.05) is 47.3 Å². The van der Waals surface area contributed by atoms with Crippen LogP contribution in [-0.4, -0.2) is 43.1 Å². The van der Waals surface area contributed by atoms with Gasteiger partial charge in [-0.15, -0.1) is 0 Å². The molecule has 5 rings (SSSR count). The Labute approximate surface area is 188 Å². The van der Waals surface area contributed by atoms with Crippen LogP contribution in [0.25, 0.3) is 39.6 Å². The van der Waals surface area contributed by atoms with Crippen LogP contribution in [0.5, 0.6) is 0 Å². The van der Waals surface area contributed by atoms with Gasteiger partial charge in [0.15, 0.2) is 5.65 Å². The molecule has 6 nitrogen and oxygen atoms in total. The van der Waals surface area contributed by atoms with E-state index in [1.54, 1.807) is 0 Å². The number of rotatable bonds is 6. The molecule has 6 heteroatoms. The third kappa shape index (κ3) is 4.14. The Hall–Kier alpha value is -3.51. The summed E-state index contributed by atoms with van der Waals surface area (Å²) in [5.41, 5.74) is 8.32. The number of pyridine rings is 2. The van der Waals surface area contributed by atoms with E-state index in [4.69, 9.17) is 0 Å². The molecule has 2 N–H and O–H groups in total. The van der Waals surface area contributed by atoms with E-state index in [0.717, 1.165) is 45.7 Å². The zero-order chi connectivity index (χ0) is 21.9. The summed E-state index contributed by atoms with van der Waals surface area (Å²) in [5.74, 6) is 0. The van der Waals surface area contributed by atoms with Gasteiger partial charge in [-0.25, -0.2) is 4.98 Å². The largest absolute Gasteiger partial charge is 0.357 e. The van der Waals surface area contributed by atoms with Crippen molar-refractivity contribution in [2.24, 2.45) is 0 Å². The van der Waals surface area contributed by atoms with Gasteiger partial charge in [-0.05, 0) is 69.1 Å². The van der Waals surface area contributed by atoms with Gasteiger partial charge in [-0.2, -0.15) is 5.10 Å². The van der Waals surface area contributed by atoms with Crippen LogP contribution in [0.15, 0.2) is 55.0 Å². The highest BCUT2D eigenvalue weighted by Crippen LogP contribution is 2.30. The lowest BCUT2D eigenvalue weighted by molar-refractivity contribution is 0.331. The van der Waals surface area contributed by atoms with Crippen LogP contribution in [0, 0.1) is 6.92 Å². The van der Waals surface area contributed by atoms with Crippen LogP contribution in [0.1, 0.15) is 36.6 Å². The lowest BCUT2D eigenvalue weighted by Crippen LogP contribution is -2.18. The Kier molecular flexibility index (Phi) is 5.69. The monoisotopic (exact) mass is 424 g/mol. The molecule has 0 atom stereocenters. The quantitative estimate of drug-likeness (QED) is 0.400. The fourth-order valence-corrected chi connectivity index (χ4v) is 4.35. The summed E-state index contributed by atoms with van der Waals surface area (Å²) in [4.78, 5) is 15.1. The van der Waals surface area contributed by atoms with Gasteiger partial charge in [0.05, 0.1) is 11.4 Å². The molecule has 0 aromatic carbocycles. The number of allylic oxidation sites excluding steroid dienone is 3. The second-order valence-corrected chi connectivity index (χ2v) is 8.41. The first-order valence-corrected chi connectivity index (χ1v) is 11.2. The van der Waals surface area contributed by atoms with Gasteiger partial charge in [0.1, 0.15) is 0 Å². The molecule has 1 aliphatic rings. The SMILES string of the molecule is C/C=C\C=C/c1cc(-c2[nH]nc3ncc(-c4cncc(CN5CCCC5)c4)cc23)[nH]c1C. The maximum absolute atomic E-state index is 4.61. The van der Waals surface area contributed by atoms with Crippen molar-refractivity contribution in [2.75, 3.05) is 13.1 Å². The molecule has 0 amide bonds. The van der Waals surface area contributed by atoms with Crippen molar-refractivity contribution in [1.82, 2.24) is 30.0 Å². The van der Waals surface area contributed by atoms with Gasteiger partial charge in [-0.3, -0.25) is 15.0 Å². The molecule has 5 heterocycles. The molecule has 4 aromatic heterocycles. The first-order chi connectivity index (χ1) is 15.7. The van der Waals surface area contributed by atoms with Crippen molar-refractivity contribution in [3.8, 4) is 22.5 Å². The number of nitrogens with one attached hydrogen (secondary N) is 2. The summed E-state index contributed by atoms with van der Waals surface area (Å²) in [6, 6.07) is 6.54. The number of aromatic nitrogens is 5. The van der Waals surface area contributed by atoms with Crippen LogP contribution >= 0.6 is 0 Å². The molecule has 0 aliphatic carbocycles. The lowest BCUT2D eigenvalue weighted by Gasteiger charge is -2.14. The number of nitrogens with zero attached hydrogens (tertiary/aromatic N) is 4. The average molecular weight is 425 g/mol. The maximum atomic E-state index is 4.61. The van der Waals surface area contributed by atoms with Gasteiger partial charge in [0.25, 0.3) is 0 Å². The second kappa shape index (κ2) is 8.93. The van der Waals surface area contributed by atoms with E-state index in [-0.39, 0.29) is 0 Å². The normalized spacial score (nSPS) is 15.1. The minimum absolute atomic E-state index is 0.711. The first kappa shape index (κ1) is 20.4. The van der Waals surface area contributed by atoms with Crippen LogP contribution in [0.2, 0.25) is 0 Å². The minimum Gasteiger partial charge on any atom is -0.357 e. The van der Waals surface area contributed by atoms with Gasteiger partial charge < -0.3 is 4.98 Å². The number of fused-ring (bicyclic) bond motifs is 1. The smallest absolute Gasteiger partial charge is 0.181 e. The fourth-order valence-electron chi connectivity index (χ4n) is 4.35. The van der Waals surface area contributed by atoms with Crippen LogP contribution in [0.4, 0.5) is 0 Å². The number of H-pyrrole nitrogens is 2. The second-order valence-electron chi connectivity index (χ2n) is 8.41. The van der Waals surface area contributed by atoms with Gasteiger partial charge in [0.2, 0.25) is 0 Å². The standard InChI is InChI=1S/C26H28N6/c1-3-4-5-8-20-13-24(29-18(20)2)25-23-12-22(16-28-26(23)31-30-25)21-11-19(14-27-15-21)17-32-9-6-7-10-32/h3-5,8,11-16,29H,6-7,9-10,17H2,1-2H3,(H,28,30,31)/b4-3-,8-5-. The van der Waals surface area contributed by atoms with Crippen LogP contribution in [0.3, 0.4) is 0 Å². The molecule has 0 spiro atoms. The van der Waals surface area contributed by atoms with E-state index in [1.807, 2.05) is 43.7 Å². The van der Waals surface area contributed by atoms with E-state index < -0.39 is 0 Å². The summed E-state index contributed by atoms with van der Waals surface area (Å²) >= 11 is 0. The van der Waals surface area contributed by atoms with Crippen molar-refractivity contribution in [2.45, 2.75) is 33.2 Å². The fraction of sp³-hybridized carbons (Fsp3) is 0.269. The Balaban J connectivity index is 1.48. The molecule has 32 heavy (non-hydrogen) atoms. The first-order valence-electron chi connectivity index (χ1n) is 11.2. The van der Waals surface area contributed by atoms with Crippen molar-refractivity contribution in [3.05, 3.63) is 71.8 Å². The maximum Gasteiger partial charge on any atom is 0.181 e. The van der Waals surface area contributed by atoms with Crippen molar-refractivity contribution < 1.29 is 0 Å². The van der Waals surface area contributed by atoms with Crippen LogP contribution in [-0.2, 0) is 6.54 Å². The topological polar surface area (TPSA) is 73.5 Å². The Morgan fingerprint density at radius 1 is 1.03 bits per heavy atom. The molecule has 1 aliphatic heterocycles. The Morgan fingerprint density at radius 3 is 2.72 bits per heavy atom. The molecule has 1 saturated heterocycles. The zero-order valence-electron chi connectivity index (χ0n) is 18.6. The van der Waals surface area contributed by atoms with E-state index in [9.17, 15) is 0 Å².